The molecule has 0 fully saturated rings. The molecule has 0 saturated carbocycles. The van der Waals surface area contributed by atoms with Crippen molar-refractivity contribution in [2.45, 2.75) is 12.6 Å². The summed E-state index contributed by atoms with van der Waals surface area (Å²) in [6, 6.07) is 4.22. The van der Waals surface area contributed by atoms with E-state index >= 15 is 0 Å². The molecule has 0 aliphatic rings. The first-order valence-corrected chi connectivity index (χ1v) is 6.78. The molecule has 0 radical (unpaired) electrons. The highest BCUT2D eigenvalue weighted by Gasteiger charge is 2.30. The van der Waals surface area contributed by atoms with Gasteiger partial charge < -0.3 is 15.7 Å². The molecule has 1 aromatic carbocycles. The molecule has 0 aliphatic carbocycles. The Morgan fingerprint density at radius 2 is 2.13 bits per heavy atom. The summed E-state index contributed by atoms with van der Waals surface area (Å²) in [5.74, 6) is 0. The van der Waals surface area contributed by atoms with E-state index in [1.165, 1.54) is 29.2 Å². The number of hydrogen-bond donors (Lipinski definition) is 3. The van der Waals surface area contributed by atoms with Gasteiger partial charge >= 0.3 is 12.2 Å². The molecule has 0 aliphatic heterocycles. The fraction of sp³-hybridized carbons (Fsp3) is 0.286. The number of aliphatic hydroxyl groups excluding tert-OH is 1. The lowest BCUT2D eigenvalue weighted by Crippen LogP contribution is -2.29. The van der Waals surface area contributed by atoms with E-state index < -0.39 is 17.8 Å². The average Bonchev–Trinajstić information content (AvgIpc) is 2.95. The van der Waals surface area contributed by atoms with Crippen LogP contribution in [-0.2, 0) is 6.18 Å². The predicted octanol–water partition coefficient (Wildman–Crippen LogP) is 2.40. The number of nitrogens with zero attached hydrogens (tertiary/aromatic N) is 2. The number of aliphatic hydroxyl groups is 1. The number of amides is 2. The summed E-state index contributed by atoms with van der Waals surface area (Å²) >= 11 is 0. The van der Waals surface area contributed by atoms with Crippen LogP contribution in [0.5, 0.6) is 0 Å². The zero-order valence-electron chi connectivity index (χ0n) is 12.0. The molecule has 0 atom stereocenters. The molecule has 1 heterocycles. The Labute approximate surface area is 129 Å². The van der Waals surface area contributed by atoms with Crippen LogP contribution in [0.15, 0.2) is 36.7 Å². The Balaban J connectivity index is 2.06. The number of carbonyl (C=O) groups excluding carboxylic acids is 1. The van der Waals surface area contributed by atoms with Crippen molar-refractivity contribution in [3.63, 3.8) is 0 Å². The quantitative estimate of drug-likeness (QED) is 0.738. The lowest BCUT2D eigenvalue weighted by atomic mass is 10.2. The van der Waals surface area contributed by atoms with E-state index in [4.69, 9.17) is 5.11 Å². The first kappa shape index (κ1) is 16.8. The number of aromatic nitrogens is 2. The fourth-order valence-electron chi connectivity index (χ4n) is 1.81. The highest BCUT2D eigenvalue weighted by molar-refractivity contribution is 5.88. The van der Waals surface area contributed by atoms with Crippen LogP contribution in [0, 0.1) is 0 Å². The standard InChI is InChI=1S/C14H15F3N4O2/c15-14(16,17)10-3-1-4-12(7-10)21-9-11(8-19-21)20-13(23)18-5-2-6-22/h1,3-4,7-9,22H,2,5-6H2,(H2,18,20,23). The molecule has 2 aromatic rings. The number of urea groups is 1. The van der Waals surface area contributed by atoms with E-state index in [-0.39, 0.29) is 12.3 Å². The number of carbonyl (C=O) groups is 1. The van der Waals surface area contributed by atoms with Crippen molar-refractivity contribution in [3.05, 3.63) is 42.2 Å². The summed E-state index contributed by atoms with van der Waals surface area (Å²) in [4.78, 5) is 11.5. The molecule has 0 bridgehead atoms. The Hall–Kier alpha value is -2.55. The van der Waals surface area contributed by atoms with E-state index in [1.807, 2.05) is 0 Å². The molecule has 0 unspecified atom stereocenters. The van der Waals surface area contributed by atoms with Gasteiger partial charge in [0.1, 0.15) is 0 Å². The minimum atomic E-state index is -4.43. The summed E-state index contributed by atoms with van der Waals surface area (Å²) in [6.45, 7) is 0.276. The molecule has 2 rings (SSSR count). The molecular formula is C14H15F3N4O2. The number of alkyl halides is 3. The molecular weight excluding hydrogens is 313 g/mol. The number of benzene rings is 1. The Morgan fingerprint density at radius 3 is 2.83 bits per heavy atom. The Kier molecular flexibility index (Phi) is 5.22. The number of anilines is 1. The van der Waals surface area contributed by atoms with E-state index in [0.717, 1.165) is 12.1 Å². The van der Waals surface area contributed by atoms with Crippen LogP contribution < -0.4 is 10.6 Å². The summed E-state index contributed by atoms with van der Waals surface area (Å²) < 4.78 is 39.3. The molecule has 3 N–H and O–H groups in total. The monoisotopic (exact) mass is 328 g/mol. The zero-order chi connectivity index (χ0) is 16.9. The molecule has 124 valence electrons. The van der Waals surface area contributed by atoms with Crippen molar-refractivity contribution in [1.82, 2.24) is 15.1 Å². The first-order chi connectivity index (χ1) is 10.9. The first-order valence-electron chi connectivity index (χ1n) is 6.78. The molecule has 1 aromatic heterocycles. The molecule has 0 saturated heterocycles. The lowest BCUT2D eigenvalue weighted by molar-refractivity contribution is -0.137. The smallest absolute Gasteiger partial charge is 0.396 e. The molecule has 6 nitrogen and oxygen atoms in total. The highest BCUT2D eigenvalue weighted by atomic mass is 19.4. The van der Waals surface area contributed by atoms with Gasteiger partial charge in [0.05, 0.1) is 29.3 Å². The van der Waals surface area contributed by atoms with E-state index in [1.54, 1.807) is 0 Å². The molecule has 0 spiro atoms. The third kappa shape index (κ3) is 4.71. The van der Waals surface area contributed by atoms with E-state index in [2.05, 4.69) is 15.7 Å². The third-order valence-electron chi connectivity index (χ3n) is 2.90. The second-order valence-electron chi connectivity index (χ2n) is 4.68. The van der Waals surface area contributed by atoms with Gasteiger partial charge in [-0.1, -0.05) is 6.07 Å². The van der Waals surface area contributed by atoms with Crippen LogP contribution in [0.4, 0.5) is 23.7 Å². The van der Waals surface area contributed by atoms with Crippen LogP contribution in [0.3, 0.4) is 0 Å². The van der Waals surface area contributed by atoms with Crippen molar-refractivity contribution < 1.29 is 23.1 Å². The van der Waals surface area contributed by atoms with Crippen LogP contribution in [0.1, 0.15) is 12.0 Å². The number of nitrogens with one attached hydrogen (secondary N) is 2. The van der Waals surface area contributed by atoms with E-state index in [9.17, 15) is 18.0 Å². The minimum Gasteiger partial charge on any atom is -0.396 e. The van der Waals surface area contributed by atoms with Gasteiger partial charge in [-0.05, 0) is 24.6 Å². The van der Waals surface area contributed by atoms with Crippen molar-refractivity contribution in [1.29, 1.82) is 0 Å². The molecule has 23 heavy (non-hydrogen) atoms. The van der Waals surface area contributed by atoms with Gasteiger partial charge in [-0.2, -0.15) is 18.3 Å². The van der Waals surface area contributed by atoms with Crippen LogP contribution in [0.25, 0.3) is 5.69 Å². The largest absolute Gasteiger partial charge is 0.416 e. The van der Waals surface area contributed by atoms with Crippen molar-refractivity contribution in [3.8, 4) is 5.69 Å². The van der Waals surface area contributed by atoms with Gasteiger partial charge in [0.2, 0.25) is 0 Å². The van der Waals surface area contributed by atoms with Crippen molar-refractivity contribution >= 4 is 11.7 Å². The van der Waals surface area contributed by atoms with Crippen LogP contribution >= 0.6 is 0 Å². The summed E-state index contributed by atoms with van der Waals surface area (Å²) in [6.07, 6.45) is -1.28. The van der Waals surface area contributed by atoms with Gasteiger partial charge in [0.15, 0.2) is 0 Å². The topological polar surface area (TPSA) is 79.2 Å². The highest BCUT2D eigenvalue weighted by Crippen LogP contribution is 2.30. The maximum absolute atomic E-state index is 12.7. The number of rotatable bonds is 5. The number of hydrogen-bond acceptors (Lipinski definition) is 3. The second-order valence-corrected chi connectivity index (χ2v) is 4.68. The normalized spacial score (nSPS) is 11.3. The van der Waals surface area contributed by atoms with Crippen molar-refractivity contribution in [2.24, 2.45) is 0 Å². The zero-order valence-corrected chi connectivity index (χ0v) is 12.0. The third-order valence-corrected chi connectivity index (χ3v) is 2.90. The summed E-state index contributed by atoms with van der Waals surface area (Å²) in [5.41, 5.74) is -0.209. The fourth-order valence-corrected chi connectivity index (χ4v) is 1.81. The number of halogens is 3. The van der Waals surface area contributed by atoms with Gasteiger partial charge in [-0.15, -0.1) is 0 Å². The van der Waals surface area contributed by atoms with Gasteiger partial charge in [-0.3, -0.25) is 0 Å². The molecule has 2 amide bonds. The lowest BCUT2D eigenvalue weighted by Gasteiger charge is -2.08. The van der Waals surface area contributed by atoms with Gasteiger partial charge in [0, 0.05) is 13.2 Å². The van der Waals surface area contributed by atoms with Gasteiger partial charge in [-0.25, -0.2) is 9.48 Å². The van der Waals surface area contributed by atoms with Crippen LogP contribution in [0.2, 0.25) is 0 Å². The Bertz CT molecular complexity index is 670. The van der Waals surface area contributed by atoms with E-state index in [0.29, 0.717) is 18.7 Å². The maximum atomic E-state index is 12.7. The SMILES string of the molecule is O=C(NCCCO)Nc1cnn(-c2cccc(C(F)(F)F)c2)c1. The second kappa shape index (κ2) is 7.14. The molecule has 9 heteroatoms. The van der Waals surface area contributed by atoms with Crippen molar-refractivity contribution in [2.75, 3.05) is 18.5 Å². The summed E-state index contributed by atoms with van der Waals surface area (Å²) in [7, 11) is 0. The summed E-state index contributed by atoms with van der Waals surface area (Å²) in [5, 5.41) is 17.6. The predicted molar refractivity (Wildman–Crippen MR) is 77.3 cm³/mol. The van der Waals surface area contributed by atoms with Crippen LogP contribution in [-0.4, -0.2) is 34.1 Å². The van der Waals surface area contributed by atoms with Gasteiger partial charge in [0.25, 0.3) is 0 Å². The Morgan fingerprint density at radius 1 is 1.35 bits per heavy atom. The maximum Gasteiger partial charge on any atom is 0.416 e. The average molecular weight is 328 g/mol. The minimum absolute atomic E-state index is 0.0340.